The minimum Gasteiger partial charge on any atom is -0.477 e. The van der Waals surface area contributed by atoms with Gasteiger partial charge in [0.25, 0.3) is 0 Å². The van der Waals surface area contributed by atoms with Crippen LogP contribution in [-0.4, -0.2) is 21.8 Å². The minimum absolute atomic E-state index is 0.363. The number of hydrogen-bond acceptors (Lipinski definition) is 4. The second-order valence-corrected chi connectivity index (χ2v) is 5.79. The van der Waals surface area contributed by atoms with Crippen LogP contribution in [-0.2, 0) is 0 Å². The summed E-state index contributed by atoms with van der Waals surface area (Å²) in [6.45, 7) is 6.08. The van der Waals surface area contributed by atoms with Crippen LogP contribution in [0.4, 0.5) is 0 Å². The lowest BCUT2D eigenvalue weighted by Crippen LogP contribution is -1.94. The van der Waals surface area contributed by atoms with Gasteiger partial charge in [0.05, 0.1) is 5.69 Å². The Morgan fingerprint density at radius 1 is 1.67 bits per heavy atom. The predicted octanol–water partition coefficient (Wildman–Crippen LogP) is 3.29. The zero-order valence-electron chi connectivity index (χ0n) is 9.11. The van der Waals surface area contributed by atoms with E-state index in [4.69, 9.17) is 5.11 Å². The van der Waals surface area contributed by atoms with Crippen molar-refractivity contribution >= 4 is 29.1 Å². The van der Waals surface area contributed by atoms with E-state index >= 15 is 0 Å². The molecule has 0 aromatic carbocycles. The number of carboxylic acid groups (broad SMARTS) is 1. The van der Waals surface area contributed by atoms with Crippen molar-refractivity contribution in [3.63, 3.8) is 0 Å². The fourth-order valence-corrected chi connectivity index (χ4v) is 3.16. The van der Waals surface area contributed by atoms with Crippen LogP contribution in [0.25, 0.3) is 0 Å². The van der Waals surface area contributed by atoms with Gasteiger partial charge in [-0.05, 0) is 12.8 Å². The quantitative estimate of drug-likeness (QED) is 0.809. The molecule has 1 aromatic rings. The fraction of sp³-hybridized carbons (Fsp3) is 0.600. The number of aryl methyl sites for hydroxylation is 1. The second-order valence-electron chi connectivity index (χ2n) is 3.52. The molecular formula is C10H15NO2S2. The lowest BCUT2D eigenvalue weighted by atomic mass is 10.2. The highest BCUT2D eigenvalue weighted by Crippen LogP contribution is 2.28. The van der Waals surface area contributed by atoms with E-state index in [-0.39, 0.29) is 0 Å². The van der Waals surface area contributed by atoms with Gasteiger partial charge in [0.1, 0.15) is 4.88 Å². The molecule has 3 nitrogen and oxygen atoms in total. The van der Waals surface area contributed by atoms with Crippen LogP contribution in [0.3, 0.4) is 0 Å². The number of hydrogen-bond donors (Lipinski definition) is 1. The Labute approximate surface area is 97.9 Å². The van der Waals surface area contributed by atoms with Crippen molar-refractivity contribution in [3.8, 4) is 0 Å². The molecule has 0 aliphatic rings. The largest absolute Gasteiger partial charge is 0.477 e. The van der Waals surface area contributed by atoms with Crippen molar-refractivity contribution in [1.29, 1.82) is 0 Å². The number of carbonyl (C=O) groups is 1. The predicted molar refractivity (Wildman–Crippen MR) is 64.0 cm³/mol. The van der Waals surface area contributed by atoms with Crippen molar-refractivity contribution < 1.29 is 9.90 Å². The molecule has 5 heteroatoms. The standard InChI is InChI=1S/C10H15NO2S2/c1-4-6(2)5-14-10-11-7(3)8(15-10)9(12)13/h6H,4-5H2,1-3H3,(H,12,13). The Morgan fingerprint density at radius 2 is 2.33 bits per heavy atom. The summed E-state index contributed by atoms with van der Waals surface area (Å²) in [7, 11) is 0. The monoisotopic (exact) mass is 245 g/mol. The molecule has 1 heterocycles. The number of rotatable bonds is 5. The molecule has 0 aliphatic heterocycles. The van der Waals surface area contributed by atoms with Crippen molar-refractivity contribution in [2.75, 3.05) is 5.75 Å². The average Bonchev–Trinajstić information content (AvgIpc) is 2.56. The van der Waals surface area contributed by atoms with Gasteiger partial charge in [-0.3, -0.25) is 0 Å². The average molecular weight is 245 g/mol. The number of aromatic carboxylic acids is 1. The van der Waals surface area contributed by atoms with E-state index in [9.17, 15) is 4.79 Å². The molecule has 0 spiro atoms. The molecule has 0 aliphatic carbocycles. The van der Waals surface area contributed by atoms with Gasteiger partial charge < -0.3 is 5.11 Å². The van der Waals surface area contributed by atoms with Gasteiger partial charge in [-0.15, -0.1) is 11.3 Å². The highest BCUT2D eigenvalue weighted by atomic mass is 32.2. The van der Waals surface area contributed by atoms with E-state index in [1.54, 1.807) is 18.7 Å². The summed E-state index contributed by atoms with van der Waals surface area (Å²) in [4.78, 5) is 15.4. The molecule has 0 saturated carbocycles. The Hall–Kier alpha value is -0.550. The van der Waals surface area contributed by atoms with Crippen LogP contribution in [0, 0.1) is 12.8 Å². The normalized spacial score (nSPS) is 12.7. The van der Waals surface area contributed by atoms with Crippen molar-refractivity contribution in [2.45, 2.75) is 31.5 Å². The van der Waals surface area contributed by atoms with Crippen LogP contribution in [0.15, 0.2) is 4.34 Å². The van der Waals surface area contributed by atoms with Crippen molar-refractivity contribution in [1.82, 2.24) is 4.98 Å². The van der Waals surface area contributed by atoms with Gasteiger partial charge in [0, 0.05) is 5.75 Å². The van der Waals surface area contributed by atoms with E-state index < -0.39 is 5.97 Å². The maximum Gasteiger partial charge on any atom is 0.347 e. The fourth-order valence-electron chi connectivity index (χ4n) is 0.963. The SMILES string of the molecule is CCC(C)CSc1nc(C)c(C(=O)O)s1. The summed E-state index contributed by atoms with van der Waals surface area (Å²) in [5, 5.41) is 8.86. The molecule has 1 atom stereocenters. The number of carboxylic acids is 1. The summed E-state index contributed by atoms with van der Waals surface area (Å²) in [6, 6.07) is 0. The maximum atomic E-state index is 10.8. The number of aromatic nitrogens is 1. The molecule has 84 valence electrons. The lowest BCUT2D eigenvalue weighted by molar-refractivity contribution is 0.0701. The van der Waals surface area contributed by atoms with Crippen LogP contribution < -0.4 is 0 Å². The maximum absolute atomic E-state index is 10.8. The molecule has 1 unspecified atom stereocenters. The van der Waals surface area contributed by atoms with Gasteiger partial charge in [-0.25, -0.2) is 9.78 Å². The summed E-state index contributed by atoms with van der Waals surface area (Å²) in [5.74, 6) is 0.774. The molecule has 0 radical (unpaired) electrons. The van der Waals surface area contributed by atoms with Crippen LogP contribution in [0.1, 0.15) is 35.6 Å². The summed E-state index contributed by atoms with van der Waals surface area (Å²) < 4.78 is 0.866. The molecule has 1 rings (SSSR count). The molecule has 0 fully saturated rings. The smallest absolute Gasteiger partial charge is 0.347 e. The third-order valence-corrected chi connectivity index (χ3v) is 4.78. The van der Waals surface area contributed by atoms with Gasteiger partial charge >= 0.3 is 5.97 Å². The molecule has 15 heavy (non-hydrogen) atoms. The van der Waals surface area contributed by atoms with Crippen LogP contribution >= 0.6 is 23.1 Å². The van der Waals surface area contributed by atoms with Crippen LogP contribution in [0.5, 0.6) is 0 Å². The Morgan fingerprint density at radius 3 is 2.80 bits per heavy atom. The molecule has 0 bridgehead atoms. The van der Waals surface area contributed by atoms with Crippen molar-refractivity contribution in [3.05, 3.63) is 10.6 Å². The number of thiazole rings is 1. The first kappa shape index (κ1) is 12.5. The van der Waals surface area contributed by atoms with Gasteiger partial charge in [0.2, 0.25) is 0 Å². The van der Waals surface area contributed by atoms with E-state index in [1.165, 1.54) is 11.3 Å². The van der Waals surface area contributed by atoms with E-state index in [0.29, 0.717) is 16.5 Å². The first-order valence-corrected chi connectivity index (χ1v) is 6.68. The first-order valence-electron chi connectivity index (χ1n) is 4.88. The van der Waals surface area contributed by atoms with Gasteiger partial charge in [0.15, 0.2) is 4.34 Å². The third-order valence-electron chi connectivity index (χ3n) is 2.16. The molecule has 1 aromatic heterocycles. The Kier molecular flexibility index (Phi) is 4.60. The topological polar surface area (TPSA) is 50.2 Å². The second kappa shape index (κ2) is 5.51. The summed E-state index contributed by atoms with van der Waals surface area (Å²) >= 11 is 2.92. The molecule has 1 N–H and O–H groups in total. The van der Waals surface area contributed by atoms with E-state index in [0.717, 1.165) is 16.5 Å². The zero-order valence-corrected chi connectivity index (χ0v) is 10.7. The van der Waals surface area contributed by atoms with Crippen LogP contribution in [0.2, 0.25) is 0 Å². The number of thioether (sulfide) groups is 1. The van der Waals surface area contributed by atoms with Gasteiger partial charge in [-0.1, -0.05) is 32.0 Å². The summed E-state index contributed by atoms with van der Waals surface area (Å²) in [6.07, 6.45) is 1.14. The summed E-state index contributed by atoms with van der Waals surface area (Å²) in [5.41, 5.74) is 0.624. The highest BCUT2D eigenvalue weighted by Gasteiger charge is 2.14. The minimum atomic E-state index is -0.875. The highest BCUT2D eigenvalue weighted by molar-refractivity contribution is 8.01. The molecule has 0 saturated heterocycles. The van der Waals surface area contributed by atoms with E-state index in [1.807, 2.05) is 0 Å². The van der Waals surface area contributed by atoms with Gasteiger partial charge in [-0.2, -0.15) is 0 Å². The Balaban J connectivity index is 2.63. The first-order chi connectivity index (χ1) is 7.04. The lowest BCUT2D eigenvalue weighted by Gasteiger charge is -2.04. The third kappa shape index (κ3) is 3.50. The molecule has 0 amide bonds. The zero-order chi connectivity index (χ0) is 11.4. The Bertz CT molecular complexity index is 349. The number of nitrogens with zero attached hydrogens (tertiary/aromatic N) is 1. The van der Waals surface area contributed by atoms with Crippen molar-refractivity contribution in [2.24, 2.45) is 5.92 Å². The molecular weight excluding hydrogens is 230 g/mol. The van der Waals surface area contributed by atoms with E-state index in [2.05, 4.69) is 18.8 Å².